The minimum Gasteiger partial charge on any atom is -0.143 e. The van der Waals surface area contributed by atoms with E-state index < -0.39 is 0 Å². The van der Waals surface area contributed by atoms with Gasteiger partial charge in [-0.15, -0.1) is 34.4 Å². The zero-order valence-corrected chi connectivity index (χ0v) is 16.8. The molecule has 2 rings (SSSR count). The Hall–Kier alpha value is -0.250. The Kier molecular flexibility index (Phi) is 10.1. The van der Waals surface area contributed by atoms with Crippen LogP contribution in [0.1, 0.15) is 71.1 Å². The molecule has 2 heterocycles. The van der Waals surface area contributed by atoms with E-state index in [4.69, 9.17) is 0 Å². The van der Waals surface area contributed by atoms with Crippen LogP contribution in [0.2, 0.25) is 0 Å². The molecule has 128 valence electrons. The molecule has 0 bridgehead atoms. The summed E-state index contributed by atoms with van der Waals surface area (Å²) in [5, 5.41) is 2.16. The van der Waals surface area contributed by atoms with Gasteiger partial charge in [-0.3, -0.25) is 0 Å². The van der Waals surface area contributed by atoms with Gasteiger partial charge in [0, 0.05) is 9.75 Å². The molecule has 0 unspecified atom stereocenters. The van der Waals surface area contributed by atoms with Gasteiger partial charge in [0.25, 0.3) is 0 Å². The first kappa shape index (κ1) is 19.1. The van der Waals surface area contributed by atoms with Crippen LogP contribution in [0.15, 0.2) is 33.9 Å². The van der Waals surface area contributed by atoms with Gasteiger partial charge < -0.3 is 0 Å². The highest BCUT2D eigenvalue weighted by Gasteiger charge is 2.04. The lowest BCUT2D eigenvalue weighted by Gasteiger charge is -2.02. The molecule has 23 heavy (non-hydrogen) atoms. The summed E-state index contributed by atoms with van der Waals surface area (Å²) in [6.45, 7) is 2.29. The smallest absolute Gasteiger partial charge is 0.0605 e. The van der Waals surface area contributed by atoms with Crippen LogP contribution in [0.3, 0.4) is 0 Å². The van der Waals surface area contributed by atoms with Crippen molar-refractivity contribution < 1.29 is 0 Å². The van der Waals surface area contributed by atoms with E-state index in [1.165, 1.54) is 83.9 Å². The number of thioether (sulfide) groups is 1. The largest absolute Gasteiger partial charge is 0.143 e. The van der Waals surface area contributed by atoms with Crippen LogP contribution >= 0.6 is 34.4 Å². The molecule has 0 N–H and O–H groups in total. The molecule has 2 aromatic heterocycles. The Balaban J connectivity index is 1.45. The maximum absolute atomic E-state index is 2.29. The first-order chi connectivity index (χ1) is 11.4. The highest BCUT2D eigenvalue weighted by Crippen LogP contribution is 2.36. The molecular formula is C20H30S3. The van der Waals surface area contributed by atoms with Gasteiger partial charge in [-0.05, 0) is 35.8 Å². The van der Waals surface area contributed by atoms with Crippen LogP contribution in [-0.2, 0) is 0 Å². The van der Waals surface area contributed by atoms with Crippen molar-refractivity contribution in [2.24, 2.45) is 0 Å². The van der Waals surface area contributed by atoms with E-state index in [0.29, 0.717) is 0 Å². The fourth-order valence-electron chi connectivity index (χ4n) is 2.71. The first-order valence-corrected chi connectivity index (χ1v) is 11.8. The molecule has 0 saturated carbocycles. The van der Waals surface area contributed by atoms with Gasteiger partial charge in [-0.25, -0.2) is 0 Å². The van der Waals surface area contributed by atoms with Crippen LogP contribution in [0.4, 0.5) is 0 Å². The Labute approximate surface area is 154 Å². The predicted octanol–water partition coefficient (Wildman–Crippen LogP) is 8.49. The van der Waals surface area contributed by atoms with Crippen LogP contribution in [0.5, 0.6) is 0 Å². The van der Waals surface area contributed by atoms with E-state index in [9.17, 15) is 0 Å². The van der Waals surface area contributed by atoms with Crippen molar-refractivity contribution in [3.05, 3.63) is 29.6 Å². The predicted molar refractivity (Wildman–Crippen MR) is 110 cm³/mol. The Morgan fingerprint density at radius 2 is 1.48 bits per heavy atom. The summed E-state index contributed by atoms with van der Waals surface area (Å²) in [5.74, 6) is 1.28. The average Bonchev–Trinajstić information content (AvgIpc) is 3.23. The normalized spacial score (nSPS) is 11.2. The summed E-state index contributed by atoms with van der Waals surface area (Å²) in [6, 6.07) is 8.92. The third-order valence-electron chi connectivity index (χ3n) is 4.09. The molecule has 0 spiro atoms. The van der Waals surface area contributed by atoms with E-state index in [2.05, 4.69) is 36.6 Å². The molecule has 0 atom stereocenters. The minimum absolute atomic E-state index is 1.28. The summed E-state index contributed by atoms with van der Waals surface area (Å²) in [4.78, 5) is 2.83. The standard InChI is InChI=1S/C20H30S3/c1-2-3-4-5-6-7-8-9-10-11-16-22-20-15-14-19(23-20)18-13-12-17-21-18/h12-15,17H,2-11,16H2,1H3. The molecule has 0 saturated heterocycles. The number of unbranched alkanes of at least 4 members (excludes halogenated alkanes) is 9. The third-order valence-corrected chi connectivity index (χ3v) is 7.55. The maximum atomic E-state index is 2.29. The molecular weight excluding hydrogens is 336 g/mol. The fourth-order valence-corrected chi connectivity index (χ4v) is 5.75. The molecule has 0 aliphatic rings. The quantitative estimate of drug-likeness (QED) is 0.253. The number of hydrogen-bond donors (Lipinski definition) is 0. The van der Waals surface area contributed by atoms with Gasteiger partial charge >= 0.3 is 0 Å². The molecule has 0 radical (unpaired) electrons. The van der Waals surface area contributed by atoms with Gasteiger partial charge in [0.2, 0.25) is 0 Å². The Morgan fingerprint density at radius 3 is 2.13 bits per heavy atom. The van der Waals surface area contributed by atoms with Crippen molar-refractivity contribution in [3.8, 4) is 9.75 Å². The van der Waals surface area contributed by atoms with Crippen molar-refractivity contribution in [2.45, 2.75) is 75.3 Å². The molecule has 0 fully saturated rings. The maximum Gasteiger partial charge on any atom is 0.0605 e. The molecule has 2 aromatic rings. The molecule has 0 nitrogen and oxygen atoms in total. The van der Waals surface area contributed by atoms with Gasteiger partial charge in [-0.2, -0.15) is 0 Å². The lowest BCUT2D eigenvalue weighted by molar-refractivity contribution is 0.563. The SMILES string of the molecule is CCCCCCCCCCCCSc1ccc(-c2cccs2)s1. The van der Waals surface area contributed by atoms with Gasteiger partial charge in [0.15, 0.2) is 0 Å². The van der Waals surface area contributed by atoms with Crippen molar-refractivity contribution in [1.82, 2.24) is 0 Å². The van der Waals surface area contributed by atoms with E-state index >= 15 is 0 Å². The molecule has 0 amide bonds. The highest BCUT2D eigenvalue weighted by molar-refractivity contribution is 8.01. The monoisotopic (exact) mass is 366 g/mol. The zero-order chi connectivity index (χ0) is 16.2. The van der Waals surface area contributed by atoms with Crippen LogP contribution < -0.4 is 0 Å². The van der Waals surface area contributed by atoms with Gasteiger partial charge in [0.05, 0.1) is 4.21 Å². The van der Waals surface area contributed by atoms with Crippen LogP contribution in [0, 0.1) is 0 Å². The van der Waals surface area contributed by atoms with Crippen molar-refractivity contribution >= 4 is 34.4 Å². The average molecular weight is 367 g/mol. The lowest BCUT2D eigenvalue weighted by atomic mass is 10.1. The highest BCUT2D eigenvalue weighted by atomic mass is 32.2. The van der Waals surface area contributed by atoms with E-state index in [1.54, 1.807) is 0 Å². The van der Waals surface area contributed by atoms with Crippen molar-refractivity contribution in [1.29, 1.82) is 0 Å². The molecule has 0 aromatic carbocycles. The lowest BCUT2D eigenvalue weighted by Crippen LogP contribution is -1.83. The summed E-state index contributed by atoms with van der Waals surface area (Å²) < 4.78 is 1.48. The number of hydrogen-bond acceptors (Lipinski definition) is 3. The Bertz CT molecular complexity index is 499. The minimum atomic E-state index is 1.28. The first-order valence-electron chi connectivity index (χ1n) is 9.16. The Morgan fingerprint density at radius 1 is 0.783 bits per heavy atom. The zero-order valence-electron chi connectivity index (χ0n) is 14.4. The van der Waals surface area contributed by atoms with E-state index in [0.717, 1.165) is 0 Å². The second-order valence-corrected chi connectivity index (χ2v) is 9.55. The summed E-state index contributed by atoms with van der Waals surface area (Å²) in [5.41, 5.74) is 0. The van der Waals surface area contributed by atoms with Crippen molar-refractivity contribution in [3.63, 3.8) is 0 Å². The topological polar surface area (TPSA) is 0 Å². The summed E-state index contributed by atoms with van der Waals surface area (Å²) in [6.07, 6.45) is 14.2. The van der Waals surface area contributed by atoms with E-state index in [-0.39, 0.29) is 0 Å². The fraction of sp³-hybridized carbons (Fsp3) is 0.600. The molecule has 0 aliphatic heterocycles. The molecule has 0 aliphatic carbocycles. The molecule has 3 heteroatoms. The van der Waals surface area contributed by atoms with Crippen LogP contribution in [0.25, 0.3) is 9.75 Å². The summed E-state index contributed by atoms with van der Waals surface area (Å²) in [7, 11) is 0. The second kappa shape index (κ2) is 12.2. The van der Waals surface area contributed by atoms with E-state index in [1.807, 2.05) is 34.4 Å². The number of thiophene rings is 2. The number of rotatable bonds is 13. The van der Waals surface area contributed by atoms with Crippen molar-refractivity contribution in [2.75, 3.05) is 5.75 Å². The van der Waals surface area contributed by atoms with Gasteiger partial charge in [-0.1, -0.05) is 70.8 Å². The third kappa shape index (κ3) is 7.91. The summed E-state index contributed by atoms with van der Waals surface area (Å²) >= 11 is 5.82. The van der Waals surface area contributed by atoms with Crippen LogP contribution in [-0.4, -0.2) is 5.75 Å². The second-order valence-electron chi connectivity index (χ2n) is 6.13. The van der Waals surface area contributed by atoms with Gasteiger partial charge in [0.1, 0.15) is 0 Å².